The number of carbonyl (C=O) groups excluding carboxylic acids is 1. The zero-order valence-corrected chi connectivity index (χ0v) is 14.8. The van der Waals surface area contributed by atoms with Crippen LogP contribution in [0.15, 0.2) is 47.4 Å². The Hall–Kier alpha value is -2.38. The Balaban J connectivity index is 1.77. The Kier molecular flexibility index (Phi) is 4.78. The van der Waals surface area contributed by atoms with Gasteiger partial charge in [0.05, 0.1) is 10.9 Å². The standard InChI is InChI=1S/C18H21N3O3S/c1-12(13-7-9-14(10-8-13)25(19,23)24)21-18(22)16-4-2-6-17-15(16)5-3-11-20-17/h2,4,6-10,12,20H,3,5,11H2,1H3,(H,21,22)(H2,19,23,24). The number of benzene rings is 2. The smallest absolute Gasteiger partial charge is 0.252 e. The van der Waals surface area contributed by atoms with Crippen LogP contribution in [0, 0.1) is 0 Å². The Bertz CT molecular complexity index is 892. The molecule has 6 nitrogen and oxygen atoms in total. The summed E-state index contributed by atoms with van der Waals surface area (Å²) in [4.78, 5) is 12.7. The summed E-state index contributed by atoms with van der Waals surface area (Å²) >= 11 is 0. The lowest BCUT2D eigenvalue weighted by atomic mass is 9.96. The molecule has 25 heavy (non-hydrogen) atoms. The molecule has 0 saturated heterocycles. The molecule has 0 fully saturated rings. The number of nitrogens with one attached hydrogen (secondary N) is 2. The highest BCUT2D eigenvalue weighted by atomic mass is 32.2. The molecule has 0 saturated carbocycles. The molecule has 2 aromatic rings. The topological polar surface area (TPSA) is 101 Å². The van der Waals surface area contributed by atoms with E-state index in [4.69, 9.17) is 5.14 Å². The fourth-order valence-electron chi connectivity index (χ4n) is 3.03. The van der Waals surface area contributed by atoms with Gasteiger partial charge < -0.3 is 10.6 Å². The monoisotopic (exact) mass is 359 g/mol. The molecule has 0 radical (unpaired) electrons. The van der Waals surface area contributed by atoms with Gasteiger partial charge in [0.25, 0.3) is 5.91 Å². The van der Waals surface area contributed by atoms with Crippen LogP contribution in [0.5, 0.6) is 0 Å². The largest absolute Gasteiger partial charge is 0.385 e. The Morgan fingerprint density at radius 1 is 1.20 bits per heavy atom. The van der Waals surface area contributed by atoms with Crippen LogP contribution in [-0.2, 0) is 16.4 Å². The second kappa shape index (κ2) is 6.85. The Morgan fingerprint density at radius 2 is 1.92 bits per heavy atom. The molecule has 1 unspecified atom stereocenters. The fourth-order valence-corrected chi connectivity index (χ4v) is 3.54. The first-order valence-electron chi connectivity index (χ1n) is 8.15. The van der Waals surface area contributed by atoms with Crippen LogP contribution in [0.1, 0.15) is 40.9 Å². The lowest BCUT2D eigenvalue weighted by Crippen LogP contribution is -2.28. The lowest BCUT2D eigenvalue weighted by molar-refractivity contribution is 0.0939. The molecule has 1 amide bonds. The van der Waals surface area contributed by atoms with E-state index in [0.29, 0.717) is 5.56 Å². The van der Waals surface area contributed by atoms with E-state index in [-0.39, 0.29) is 16.8 Å². The average molecular weight is 359 g/mol. The first-order chi connectivity index (χ1) is 11.9. The molecule has 3 rings (SSSR count). The highest BCUT2D eigenvalue weighted by Crippen LogP contribution is 2.26. The number of hydrogen-bond donors (Lipinski definition) is 3. The molecule has 0 spiro atoms. The summed E-state index contributed by atoms with van der Waals surface area (Å²) in [6.45, 7) is 2.78. The maximum atomic E-state index is 12.7. The van der Waals surface area contributed by atoms with E-state index in [1.807, 2.05) is 25.1 Å². The van der Waals surface area contributed by atoms with Crippen LogP contribution in [-0.4, -0.2) is 20.9 Å². The number of nitrogens with two attached hydrogens (primary N) is 1. The minimum atomic E-state index is -3.72. The molecule has 1 atom stereocenters. The van der Waals surface area contributed by atoms with E-state index in [2.05, 4.69) is 10.6 Å². The van der Waals surface area contributed by atoms with Gasteiger partial charge in [0.1, 0.15) is 0 Å². The number of primary sulfonamides is 1. The van der Waals surface area contributed by atoms with Crippen LogP contribution in [0.2, 0.25) is 0 Å². The summed E-state index contributed by atoms with van der Waals surface area (Å²) in [7, 11) is -3.72. The third-order valence-electron chi connectivity index (χ3n) is 4.40. The van der Waals surface area contributed by atoms with E-state index < -0.39 is 10.0 Å². The van der Waals surface area contributed by atoms with Gasteiger partial charge in [-0.3, -0.25) is 4.79 Å². The van der Waals surface area contributed by atoms with Gasteiger partial charge in [0, 0.05) is 17.8 Å². The normalized spacial score (nSPS) is 15.0. The highest BCUT2D eigenvalue weighted by Gasteiger charge is 2.19. The van der Waals surface area contributed by atoms with Gasteiger partial charge >= 0.3 is 0 Å². The summed E-state index contributed by atoms with van der Waals surface area (Å²) in [5, 5.41) is 11.4. The average Bonchev–Trinajstić information content (AvgIpc) is 2.60. The first-order valence-corrected chi connectivity index (χ1v) is 9.70. The molecule has 1 aliphatic rings. The molecule has 1 aliphatic heterocycles. The molecular formula is C18H21N3O3S. The van der Waals surface area contributed by atoms with Gasteiger partial charge in [-0.25, -0.2) is 13.6 Å². The molecule has 132 valence electrons. The maximum Gasteiger partial charge on any atom is 0.252 e. The van der Waals surface area contributed by atoms with Crippen LogP contribution in [0.25, 0.3) is 0 Å². The number of anilines is 1. The van der Waals surface area contributed by atoms with Crippen molar-refractivity contribution in [1.29, 1.82) is 0 Å². The third kappa shape index (κ3) is 3.83. The number of carbonyl (C=O) groups is 1. The van der Waals surface area contributed by atoms with Crippen molar-refractivity contribution in [2.45, 2.75) is 30.7 Å². The van der Waals surface area contributed by atoms with Crippen molar-refractivity contribution in [3.05, 3.63) is 59.2 Å². The third-order valence-corrected chi connectivity index (χ3v) is 5.33. The summed E-state index contributed by atoms with van der Waals surface area (Å²) in [6, 6.07) is 11.6. The number of fused-ring (bicyclic) bond motifs is 1. The fraction of sp³-hybridized carbons (Fsp3) is 0.278. The minimum Gasteiger partial charge on any atom is -0.385 e. The van der Waals surface area contributed by atoms with Crippen molar-refractivity contribution in [3.8, 4) is 0 Å². The zero-order chi connectivity index (χ0) is 18.0. The van der Waals surface area contributed by atoms with Gasteiger partial charge in [-0.05, 0) is 55.2 Å². The van der Waals surface area contributed by atoms with E-state index in [1.54, 1.807) is 12.1 Å². The summed E-state index contributed by atoms with van der Waals surface area (Å²) in [6.07, 6.45) is 1.88. The molecule has 0 aromatic heterocycles. The van der Waals surface area contributed by atoms with E-state index in [1.165, 1.54) is 12.1 Å². The predicted molar refractivity (Wildman–Crippen MR) is 96.9 cm³/mol. The summed E-state index contributed by atoms with van der Waals surface area (Å²) < 4.78 is 22.6. The molecule has 2 aromatic carbocycles. The van der Waals surface area contributed by atoms with Crippen LogP contribution in [0.4, 0.5) is 5.69 Å². The maximum absolute atomic E-state index is 12.7. The Labute approximate surface area is 147 Å². The summed E-state index contributed by atoms with van der Waals surface area (Å²) in [5.41, 5.74) is 3.55. The van der Waals surface area contributed by atoms with Crippen LogP contribution >= 0.6 is 0 Å². The molecular weight excluding hydrogens is 338 g/mol. The Morgan fingerprint density at radius 3 is 2.60 bits per heavy atom. The number of hydrogen-bond acceptors (Lipinski definition) is 4. The second-order valence-corrected chi connectivity index (χ2v) is 7.73. The van der Waals surface area contributed by atoms with Crippen molar-refractivity contribution in [3.63, 3.8) is 0 Å². The van der Waals surface area contributed by atoms with Gasteiger partial charge in [-0.1, -0.05) is 18.2 Å². The molecule has 7 heteroatoms. The van der Waals surface area contributed by atoms with E-state index in [9.17, 15) is 13.2 Å². The molecule has 0 bridgehead atoms. The summed E-state index contributed by atoms with van der Waals surface area (Å²) in [5.74, 6) is -0.136. The van der Waals surface area contributed by atoms with Crippen molar-refractivity contribution in [2.75, 3.05) is 11.9 Å². The van der Waals surface area contributed by atoms with Crippen molar-refractivity contribution in [1.82, 2.24) is 5.32 Å². The highest BCUT2D eigenvalue weighted by molar-refractivity contribution is 7.89. The molecule has 1 heterocycles. The quantitative estimate of drug-likeness (QED) is 0.779. The first kappa shape index (κ1) is 17.4. The van der Waals surface area contributed by atoms with Crippen LogP contribution < -0.4 is 15.8 Å². The zero-order valence-electron chi connectivity index (χ0n) is 14.0. The van der Waals surface area contributed by atoms with Gasteiger partial charge in [0.2, 0.25) is 10.0 Å². The number of amides is 1. The lowest BCUT2D eigenvalue weighted by Gasteiger charge is -2.22. The van der Waals surface area contributed by atoms with E-state index in [0.717, 1.165) is 36.2 Å². The van der Waals surface area contributed by atoms with Crippen LogP contribution in [0.3, 0.4) is 0 Å². The number of rotatable bonds is 4. The van der Waals surface area contributed by atoms with Crippen molar-refractivity contribution in [2.24, 2.45) is 5.14 Å². The van der Waals surface area contributed by atoms with Gasteiger partial charge in [-0.15, -0.1) is 0 Å². The predicted octanol–water partition coefficient (Wildman–Crippen LogP) is 2.18. The molecule has 4 N–H and O–H groups in total. The van der Waals surface area contributed by atoms with Crippen molar-refractivity contribution >= 4 is 21.6 Å². The second-order valence-electron chi connectivity index (χ2n) is 6.17. The SMILES string of the molecule is CC(NC(=O)c1cccc2c1CCCN2)c1ccc(S(N)(=O)=O)cc1. The van der Waals surface area contributed by atoms with Crippen molar-refractivity contribution < 1.29 is 13.2 Å². The van der Waals surface area contributed by atoms with Gasteiger partial charge in [-0.2, -0.15) is 0 Å². The molecule has 0 aliphatic carbocycles. The van der Waals surface area contributed by atoms with Gasteiger partial charge in [0.15, 0.2) is 0 Å². The minimum absolute atomic E-state index is 0.0537. The van der Waals surface area contributed by atoms with E-state index >= 15 is 0 Å². The number of sulfonamides is 1.